The summed E-state index contributed by atoms with van der Waals surface area (Å²) in [6, 6.07) is 0. The summed E-state index contributed by atoms with van der Waals surface area (Å²) in [6.07, 6.45) is 10.3. The van der Waals surface area contributed by atoms with E-state index in [-0.39, 0.29) is 44.6 Å². The van der Waals surface area contributed by atoms with E-state index in [9.17, 15) is 19.2 Å². The van der Waals surface area contributed by atoms with Crippen molar-refractivity contribution < 1.29 is 38.5 Å². The Labute approximate surface area is 192 Å². The van der Waals surface area contributed by atoms with Gasteiger partial charge in [-0.2, -0.15) is 0 Å². The van der Waals surface area contributed by atoms with E-state index in [1.165, 1.54) is 0 Å². The third-order valence-electron chi connectivity index (χ3n) is 4.95. The summed E-state index contributed by atoms with van der Waals surface area (Å²) < 4.78 is 15.7. The third-order valence-corrected chi connectivity index (χ3v) is 4.95. The van der Waals surface area contributed by atoms with Crippen LogP contribution in [0.25, 0.3) is 0 Å². The second-order valence-corrected chi connectivity index (χ2v) is 8.14. The lowest BCUT2D eigenvalue weighted by Gasteiger charge is -2.17. The lowest BCUT2D eigenvalue weighted by atomic mass is 10.1. The van der Waals surface area contributed by atoms with E-state index < -0.39 is 17.9 Å². The average Bonchev–Trinajstić information content (AvgIpc) is 2.76. The number of carboxylic acid groups (broad SMARTS) is 1. The molecule has 0 aromatic rings. The van der Waals surface area contributed by atoms with Crippen molar-refractivity contribution in [2.24, 2.45) is 5.92 Å². The average molecular weight is 459 g/mol. The minimum absolute atomic E-state index is 0.0240. The van der Waals surface area contributed by atoms with E-state index in [2.05, 4.69) is 13.8 Å². The molecule has 0 aliphatic rings. The minimum atomic E-state index is -1.08. The molecule has 1 N–H and O–H groups in total. The zero-order chi connectivity index (χ0) is 24.0. The van der Waals surface area contributed by atoms with Gasteiger partial charge in [0.05, 0.1) is 18.8 Å². The van der Waals surface area contributed by atoms with Gasteiger partial charge in [-0.3, -0.25) is 19.2 Å². The van der Waals surface area contributed by atoms with E-state index in [0.29, 0.717) is 12.8 Å². The van der Waals surface area contributed by atoms with Gasteiger partial charge in [0.25, 0.3) is 0 Å². The molecule has 0 bridgehead atoms. The molecule has 0 amide bonds. The Balaban J connectivity index is 4.37. The van der Waals surface area contributed by atoms with Crippen LogP contribution < -0.4 is 0 Å². The first-order valence-corrected chi connectivity index (χ1v) is 12.1. The van der Waals surface area contributed by atoms with Crippen LogP contribution in [-0.4, -0.2) is 48.8 Å². The molecule has 186 valence electrons. The van der Waals surface area contributed by atoms with Gasteiger partial charge in [-0.05, 0) is 12.8 Å². The molecule has 0 aromatic carbocycles. The number of esters is 3. The van der Waals surface area contributed by atoms with Gasteiger partial charge < -0.3 is 19.3 Å². The fourth-order valence-corrected chi connectivity index (χ4v) is 2.95. The van der Waals surface area contributed by atoms with Crippen LogP contribution in [0.15, 0.2) is 0 Å². The zero-order valence-corrected chi connectivity index (χ0v) is 19.9. The highest BCUT2D eigenvalue weighted by molar-refractivity contribution is 5.76. The minimum Gasteiger partial charge on any atom is -0.481 e. The van der Waals surface area contributed by atoms with Gasteiger partial charge in [0.2, 0.25) is 0 Å². The monoisotopic (exact) mass is 458 g/mol. The van der Waals surface area contributed by atoms with Crippen molar-refractivity contribution >= 4 is 23.9 Å². The first-order chi connectivity index (χ1) is 15.4. The van der Waals surface area contributed by atoms with Crippen LogP contribution in [0.4, 0.5) is 0 Å². The number of hydrogen-bond acceptors (Lipinski definition) is 7. The summed E-state index contributed by atoms with van der Waals surface area (Å²) in [5.74, 6) is -2.88. The summed E-state index contributed by atoms with van der Waals surface area (Å²) in [6.45, 7) is 4.10. The van der Waals surface area contributed by atoms with Gasteiger partial charge in [0.15, 0.2) is 0 Å². The molecular weight excluding hydrogens is 416 g/mol. The molecule has 0 saturated carbocycles. The molecule has 32 heavy (non-hydrogen) atoms. The normalized spacial score (nSPS) is 10.7. The maximum Gasteiger partial charge on any atom is 0.306 e. The number of carboxylic acids is 1. The van der Waals surface area contributed by atoms with Crippen molar-refractivity contribution in [2.45, 2.75) is 104 Å². The summed E-state index contributed by atoms with van der Waals surface area (Å²) in [7, 11) is 0. The Morgan fingerprint density at radius 1 is 0.562 bits per heavy atom. The van der Waals surface area contributed by atoms with E-state index in [1.807, 2.05) is 0 Å². The number of hydrogen-bond donors (Lipinski definition) is 1. The van der Waals surface area contributed by atoms with Crippen molar-refractivity contribution in [3.8, 4) is 0 Å². The molecule has 0 saturated heterocycles. The Kier molecular flexibility index (Phi) is 19.4. The fraction of sp³-hybridized carbons (Fsp3) is 0.833. The third kappa shape index (κ3) is 19.8. The standard InChI is InChI=1S/C24H42O8/c1-3-5-7-9-11-13-22(27)30-17-20(19-32-24(29)16-15-21(25)26)18-31-23(28)14-12-10-8-6-4-2/h20H,3-19H2,1-2H3,(H,25,26). The van der Waals surface area contributed by atoms with Gasteiger partial charge in [0, 0.05) is 12.8 Å². The molecule has 0 aliphatic heterocycles. The second kappa shape index (κ2) is 20.8. The van der Waals surface area contributed by atoms with Crippen LogP contribution in [0, 0.1) is 5.92 Å². The predicted octanol–water partition coefficient (Wildman–Crippen LogP) is 4.82. The van der Waals surface area contributed by atoms with Crippen molar-refractivity contribution in [1.82, 2.24) is 0 Å². The van der Waals surface area contributed by atoms with Gasteiger partial charge in [-0.15, -0.1) is 0 Å². The van der Waals surface area contributed by atoms with Crippen LogP contribution in [-0.2, 0) is 33.4 Å². The van der Waals surface area contributed by atoms with Gasteiger partial charge in [-0.1, -0.05) is 65.2 Å². The maximum absolute atomic E-state index is 12.0. The first kappa shape index (κ1) is 29.9. The number of aliphatic carboxylic acids is 1. The molecule has 0 aliphatic carbocycles. The van der Waals surface area contributed by atoms with E-state index in [0.717, 1.165) is 64.2 Å². The Bertz CT molecular complexity index is 502. The second-order valence-electron chi connectivity index (χ2n) is 8.14. The number of rotatable bonds is 21. The molecule has 0 aromatic heterocycles. The van der Waals surface area contributed by atoms with Crippen LogP contribution in [0.1, 0.15) is 104 Å². The maximum atomic E-state index is 12.0. The molecule has 0 heterocycles. The van der Waals surface area contributed by atoms with Crippen LogP contribution in [0.3, 0.4) is 0 Å². The van der Waals surface area contributed by atoms with Crippen molar-refractivity contribution in [2.75, 3.05) is 19.8 Å². The molecule has 0 fully saturated rings. The zero-order valence-electron chi connectivity index (χ0n) is 19.9. The Morgan fingerprint density at radius 3 is 1.31 bits per heavy atom. The molecule has 0 rings (SSSR count). The lowest BCUT2D eigenvalue weighted by Crippen LogP contribution is -2.26. The molecule has 0 radical (unpaired) electrons. The smallest absolute Gasteiger partial charge is 0.306 e. The number of ether oxygens (including phenoxy) is 3. The van der Waals surface area contributed by atoms with Crippen molar-refractivity contribution in [3.63, 3.8) is 0 Å². The summed E-state index contributed by atoms with van der Waals surface area (Å²) in [5.41, 5.74) is 0. The van der Waals surface area contributed by atoms with E-state index in [4.69, 9.17) is 19.3 Å². The number of carbonyl (C=O) groups excluding carboxylic acids is 3. The van der Waals surface area contributed by atoms with Gasteiger partial charge in [-0.25, -0.2) is 0 Å². The molecule has 0 atom stereocenters. The molecule has 0 unspecified atom stereocenters. The van der Waals surface area contributed by atoms with Crippen molar-refractivity contribution in [1.29, 1.82) is 0 Å². The number of unbranched alkanes of at least 4 members (excludes halogenated alkanes) is 8. The highest BCUT2D eigenvalue weighted by Crippen LogP contribution is 2.10. The Morgan fingerprint density at radius 2 is 0.938 bits per heavy atom. The molecular formula is C24H42O8. The Hall–Kier alpha value is -2.12. The molecule has 8 nitrogen and oxygen atoms in total. The summed E-state index contributed by atoms with van der Waals surface area (Å²) in [4.78, 5) is 46.2. The van der Waals surface area contributed by atoms with Crippen molar-refractivity contribution in [3.05, 3.63) is 0 Å². The first-order valence-electron chi connectivity index (χ1n) is 12.1. The van der Waals surface area contributed by atoms with Crippen LogP contribution in [0.2, 0.25) is 0 Å². The fourth-order valence-electron chi connectivity index (χ4n) is 2.95. The lowest BCUT2D eigenvalue weighted by molar-refractivity contribution is -0.155. The number of carbonyl (C=O) groups is 4. The highest BCUT2D eigenvalue weighted by Gasteiger charge is 2.18. The summed E-state index contributed by atoms with van der Waals surface area (Å²) in [5, 5.41) is 8.64. The SMILES string of the molecule is CCCCCCCC(=O)OCC(COC(=O)CCCCCCC)COC(=O)CCC(=O)O. The molecule has 8 heteroatoms. The largest absolute Gasteiger partial charge is 0.481 e. The van der Waals surface area contributed by atoms with Gasteiger partial charge >= 0.3 is 23.9 Å². The summed E-state index contributed by atoms with van der Waals surface area (Å²) >= 11 is 0. The predicted molar refractivity (Wildman–Crippen MR) is 120 cm³/mol. The topological polar surface area (TPSA) is 116 Å². The van der Waals surface area contributed by atoms with E-state index in [1.54, 1.807) is 0 Å². The van der Waals surface area contributed by atoms with Crippen LogP contribution >= 0.6 is 0 Å². The van der Waals surface area contributed by atoms with Crippen LogP contribution in [0.5, 0.6) is 0 Å². The van der Waals surface area contributed by atoms with E-state index >= 15 is 0 Å². The quantitative estimate of drug-likeness (QED) is 0.148. The van der Waals surface area contributed by atoms with Gasteiger partial charge in [0.1, 0.15) is 19.8 Å². The molecule has 0 spiro atoms. The highest BCUT2D eigenvalue weighted by atomic mass is 16.6.